The highest BCUT2D eigenvalue weighted by molar-refractivity contribution is 9.10. The van der Waals surface area contributed by atoms with Gasteiger partial charge in [-0.1, -0.05) is 27.5 Å². The number of halogens is 3. The van der Waals surface area contributed by atoms with Crippen molar-refractivity contribution in [3.05, 3.63) is 67.4 Å². The highest BCUT2D eigenvalue weighted by atomic mass is 79.9. The third-order valence-electron chi connectivity index (χ3n) is 2.64. The molecule has 0 radical (unpaired) electrons. The fourth-order valence-electron chi connectivity index (χ4n) is 1.63. The smallest absolute Gasteiger partial charge is 0.271 e. The summed E-state index contributed by atoms with van der Waals surface area (Å²) in [4.78, 5) is 10.2. The third kappa shape index (κ3) is 3.46. The monoisotopic (exact) mass is 358 g/mol. The Morgan fingerprint density at radius 3 is 2.75 bits per heavy atom. The van der Waals surface area contributed by atoms with Crippen LogP contribution in [0.1, 0.15) is 5.56 Å². The molecular formula is C13H9BrClFN2O2. The Labute approximate surface area is 127 Å². The molecule has 104 valence electrons. The van der Waals surface area contributed by atoms with Gasteiger partial charge >= 0.3 is 0 Å². The molecule has 2 aromatic carbocycles. The van der Waals surface area contributed by atoms with Crippen molar-refractivity contribution in [1.82, 2.24) is 0 Å². The van der Waals surface area contributed by atoms with E-state index in [1.165, 1.54) is 24.3 Å². The zero-order valence-corrected chi connectivity index (χ0v) is 12.4. The van der Waals surface area contributed by atoms with E-state index in [2.05, 4.69) is 21.2 Å². The molecule has 1 N–H and O–H groups in total. The lowest BCUT2D eigenvalue weighted by atomic mass is 10.2. The Balaban J connectivity index is 2.20. The van der Waals surface area contributed by atoms with Crippen LogP contribution in [-0.2, 0) is 6.54 Å². The van der Waals surface area contributed by atoms with E-state index in [0.717, 1.165) is 4.47 Å². The molecular weight excluding hydrogens is 351 g/mol. The van der Waals surface area contributed by atoms with Crippen LogP contribution in [0.4, 0.5) is 15.8 Å². The van der Waals surface area contributed by atoms with E-state index in [1.807, 2.05) is 0 Å². The molecule has 7 heteroatoms. The summed E-state index contributed by atoms with van der Waals surface area (Å²) < 4.78 is 14.3. The average molecular weight is 360 g/mol. The minimum Gasteiger partial charge on any atom is -0.379 e. The van der Waals surface area contributed by atoms with Crippen molar-refractivity contribution in [3.63, 3.8) is 0 Å². The van der Waals surface area contributed by atoms with E-state index < -0.39 is 4.92 Å². The Bertz CT molecular complexity index is 667. The Kier molecular flexibility index (Phi) is 4.57. The van der Waals surface area contributed by atoms with Crippen LogP contribution < -0.4 is 5.32 Å². The lowest BCUT2D eigenvalue weighted by Gasteiger charge is -2.09. The van der Waals surface area contributed by atoms with Crippen LogP contribution >= 0.6 is 27.5 Å². The van der Waals surface area contributed by atoms with Gasteiger partial charge in [-0.3, -0.25) is 10.1 Å². The average Bonchev–Trinajstić information content (AvgIpc) is 2.41. The van der Waals surface area contributed by atoms with Crippen molar-refractivity contribution >= 4 is 38.9 Å². The first-order valence-corrected chi connectivity index (χ1v) is 6.76. The number of hydrogen-bond donors (Lipinski definition) is 1. The molecule has 0 bridgehead atoms. The van der Waals surface area contributed by atoms with Crippen LogP contribution in [-0.4, -0.2) is 4.92 Å². The maximum atomic E-state index is 13.6. The molecule has 4 nitrogen and oxygen atoms in total. The standard InChI is InChI=1S/C13H9BrClFN2O2/c14-9-1-4-12(16)8(5-9)7-17-13-6-10(18(19)20)2-3-11(13)15/h1-6,17H,7H2. The summed E-state index contributed by atoms with van der Waals surface area (Å²) in [6, 6.07) is 8.63. The molecule has 0 saturated carbocycles. The first kappa shape index (κ1) is 14.7. The number of nitro benzene ring substituents is 1. The van der Waals surface area contributed by atoms with Crippen molar-refractivity contribution in [2.75, 3.05) is 5.32 Å². The molecule has 2 aromatic rings. The largest absolute Gasteiger partial charge is 0.379 e. The van der Waals surface area contributed by atoms with Gasteiger partial charge in [0.15, 0.2) is 0 Å². The summed E-state index contributed by atoms with van der Waals surface area (Å²) in [7, 11) is 0. The Morgan fingerprint density at radius 1 is 1.30 bits per heavy atom. The van der Waals surface area contributed by atoms with Gasteiger partial charge in [-0.25, -0.2) is 4.39 Å². The van der Waals surface area contributed by atoms with E-state index in [1.54, 1.807) is 12.1 Å². The third-order valence-corrected chi connectivity index (χ3v) is 3.46. The van der Waals surface area contributed by atoms with Gasteiger partial charge in [-0.15, -0.1) is 0 Å². The number of anilines is 1. The molecule has 0 aromatic heterocycles. The van der Waals surface area contributed by atoms with Gasteiger partial charge in [0.1, 0.15) is 5.82 Å². The quantitative estimate of drug-likeness (QED) is 0.632. The zero-order valence-electron chi connectivity index (χ0n) is 10.1. The molecule has 0 fully saturated rings. The minimum absolute atomic E-state index is 0.0772. The molecule has 0 spiro atoms. The zero-order chi connectivity index (χ0) is 14.7. The predicted molar refractivity (Wildman–Crippen MR) is 79.5 cm³/mol. The van der Waals surface area contributed by atoms with E-state index in [4.69, 9.17) is 11.6 Å². The van der Waals surface area contributed by atoms with E-state index in [9.17, 15) is 14.5 Å². The molecule has 0 saturated heterocycles. The maximum Gasteiger partial charge on any atom is 0.271 e. The Morgan fingerprint density at radius 2 is 2.05 bits per heavy atom. The van der Waals surface area contributed by atoms with E-state index >= 15 is 0 Å². The second-order valence-corrected chi connectivity index (χ2v) is 5.33. The first-order chi connectivity index (χ1) is 9.47. The molecule has 2 rings (SSSR count). The SMILES string of the molecule is O=[N+]([O-])c1ccc(Cl)c(NCc2cc(Br)ccc2F)c1. The lowest BCUT2D eigenvalue weighted by Crippen LogP contribution is -2.03. The second kappa shape index (κ2) is 6.19. The number of non-ortho nitro benzene ring substituents is 1. The predicted octanol–water partition coefficient (Wildman–Crippen LogP) is 4.76. The summed E-state index contributed by atoms with van der Waals surface area (Å²) >= 11 is 9.21. The summed E-state index contributed by atoms with van der Waals surface area (Å²) in [6.07, 6.45) is 0. The van der Waals surface area contributed by atoms with Crippen LogP contribution in [0.2, 0.25) is 5.02 Å². The molecule has 0 aliphatic rings. The summed E-state index contributed by atoms with van der Waals surface area (Å²) in [5.74, 6) is -0.359. The molecule has 20 heavy (non-hydrogen) atoms. The van der Waals surface area contributed by atoms with Gasteiger partial charge < -0.3 is 5.32 Å². The van der Waals surface area contributed by atoms with Gasteiger partial charge in [-0.05, 0) is 24.3 Å². The summed E-state index contributed by atoms with van der Waals surface area (Å²) in [5, 5.41) is 13.9. The van der Waals surface area contributed by atoms with Gasteiger partial charge in [0.05, 0.1) is 15.6 Å². The van der Waals surface area contributed by atoms with Crippen molar-refractivity contribution in [2.24, 2.45) is 0 Å². The van der Waals surface area contributed by atoms with Crippen molar-refractivity contribution in [3.8, 4) is 0 Å². The van der Waals surface area contributed by atoms with Crippen LogP contribution in [0.3, 0.4) is 0 Å². The number of nitrogens with one attached hydrogen (secondary N) is 1. The van der Waals surface area contributed by atoms with Crippen LogP contribution in [0, 0.1) is 15.9 Å². The molecule has 0 amide bonds. The highest BCUT2D eigenvalue weighted by Crippen LogP contribution is 2.27. The van der Waals surface area contributed by atoms with Crippen LogP contribution in [0.5, 0.6) is 0 Å². The van der Waals surface area contributed by atoms with Gasteiger partial charge in [-0.2, -0.15) is 0 Å². The highest BCUT2D eigenvalue weighted by Gasteiger charge is 2.10. The number of nitro groups is 1. The van der Waals surface area contributed by atoms with Crippen LogP contribution in [0.25, 0.3) is 0 Å². The minimum atomic E-state index is -0.513. The van der Waals surface area contributed by atoms with Crippen molar-refractivity contribution in [1.29, 1.82) is 0 Å². The summed E-state index contributed by atoms with van der Waals surface area (Å²) in [6.45, 7) is 0.173. The van der Waals surface area contributed by atoms with Crippen LogP contribution in [0.15, 0.2) is 40.9 Å². The normalized spacial score (nSPS) is 10.3. The fraction of sp³-hybridized carbons (Fsp3) is 0.0769. The summed E-state index contributed by atoms with van der Waals surface area (Å²) in [5.41, 5.74) is 0.744. The number of rotatable bonds is 4. The van der Waals surface area contributed by atoms with Gasteiger partial charge in [0.25, 0.3) is 5.69 Å². The second-order valence-electron chi connectivity index (χ2n) is 4.01. The molecule has 0 unspecified atom stereocenters. The van der Waals surface area contributed by atoms with E-state index in [-0.39, 0.29) is 18.0 Å². The van der Waals surface area contributed by atoms with Crippen molar-refractivity contribution < 1.29 is 9.31 Å². The topological polar surface area (TPSA) is 55.2 Å². The van der Waals surface area contributed by atoms with E-state index in [0.29, 0.717) is 16.3 Å². The van der Waals surface area contributed by atoms with Gasteiger partial charge in [0.2, 0.25) is 0 Å². The van der Waals surface area contributed by atoms with Crippen molar-refractivity contribution in [2.45, 2.75) is 6.54 Å². The molecule has 0 aliphatic carbocycles. The molecule has 0 heterocycles. The molecule has 0 aliphatic heterocycles. The van der Waals surface area contributed by atoms with Gasteiger partial charge in [0, 0.05) is 28.7 Å². The number of benzene rings is 2. The number of nitrogens with zero attached hydrogens (tertiary/aromatic N) is 1. The maximum absolute atomic E-state index is 13.6. The fourth-order valence-corrected chi connectivity index (χ4v) is 2.22. The molecule has 0 atom stereocenters. The Hall–Kier alpha value is -1.66. The lowest BCUT2D eigenvalue weighted by molar-refractivity contribution is -0.384. The number of hydrogen-bond acceptors (Lipinski definition) is 3. The first-order valence-electron chi connectivity index (χ1n) is 5.59.